The van der Waals surface area contributed by atoms with Crippen LogP contribution in [0.5, 0.6) is 0 Å². The van der Waals surface area contributed by atoms with E-state index in [9.17, 15) is 4.79 Å². The average molecular weight is 432 g/mol. The smallest absolute Gasteiger partial charge is 0.277 e. The molecule has 0 bridgehead atoms. The summed E-state index contributed by atoms with van der Waals surface area (Å²) in [5, 5.41) is 11.3. The lowest BCUT2D eigenvalue weighted by Gasteiger charge is -2.09. The van der Waals surface area contributed by atoms with Crippen molar-refractivity contribution in [2.24, 2.45) is 0 Å². The maximum absolute atomic E-state index is 12.2. The Morgan fingerprint density at radius 1 is 1.19 bits per heavy atom. The quantitative estimate of drug-likeness (QED) is 0.532. The van der Waals surface area contributed by atoms with Gasteiger partial charge in [0, 0.05) is 10.2 Å². The third-order valence-electron chi connectivity index (χ3n) is 3.67. The van der Waals surface area contributed by atoms with E-state index in [1.165, 1.54) is 17.3 Å². The molecule has 2 aromatic carbocycles. The standard InChI is InChI=1S/C19H18BrN3O2S/c1-12(2)13-6-5-7-14(10-13)21-17(24)11-26-19-23-22-18(25-19)15-8-3-4-9-16(15)20/h3-10,12H,11H2,1-2H3,(H,21,24). The lowest BCUT2D eigenvalue weighted by molar-refractivity contribution is -0.113. The summed E-state index contributed by atoms with van der Waals surface area (Å²) < 4.78 is 6.51. The highest BCUT2D eigenvalue weighted by molar-refractivity contribution is 9.10. The largest absolute Gasteiger partial charge is 0.411 e. The van der Waals surface area contributed by atoms with Crippen LogP contribution in [0.15, 0.2) is 62.6 Å². The minimum atomic E-state index is -0.114. The number of nitrogens with zero attached hydrogens (tertiary/aromatic N) is 2. The lowest BCUT2D eigenvalue weighted by atomic mass is 10.0. The molecular weight excluding hydrogens is 414 g/mol. The molecule has 1 amide bonds. The Kier molecular flexibility index (Phi) is 6.11. The van der Waals surface area contributed by atoms with Crippen molar-refractivity contribution in [2.45, 2.75) is 25.0 Å². The molecule has 26 heavy (non-hydrogen) atoms. The number of hydrogen-bond acceptors (Lipinski definition) is 5. The van der Waals surface area contributed by atoms with Gasteiger partial charge in [-0.3, -0.25) is 4.79 Å². The van der Waals surface area contributed by atoms with Gasteiger partial charge in [-0.2, -0.15) is 0 Å². The van der Waals surface area contributed by atoms with Crippen LogP contribution in [0.1, 0.15) is 25.3 Å². The Morgan fingerprint density at radius 3 is 2.77 bits per heavy atom. The zero-order valence-corrected chi connectivity index (χ0v) is 16.8. The van der Waals surface area contributed by atoms with Crippen LogP contribution in [0.2, 0.25) is 0 Å². The van der Waals surface area contributed by atoms with Crippen molar-refractivity contribution in [3.05, 3.63) is 58.6 Å². The molecule has 0 fully saturated rings. The molecule has 5 nitrogen and oxygen atoms in total. The molecule has 134 valence electrons. The fourth-order valence-corrected chi connectivity index (χ4v) is 3.33. The molecule has 0 spiro atoms. The van der Waals surface area contributed by atoms with Gasteiger partial charge in [0.25, 0.3) is 5.22 Å². The molecule has 0 atom stereocenters. The van der Waals surface area contributed by atoms with Gasteiger partial charge < -0.3 is 9.73 Å². The van der Waals surface area contributed by atoms with Crippen LogP contribution >= 0.6 is 27.7 Å². The molecule has 0 unspecified atom stereocenters. The summed E-state index contributed by atoms with van der Waals surface area (Å²) in [6.45, 7) is 4.24. The Bertz CT molecular complexity index is 911. The summed E-state index contributed by atoms with van der Waals surface area (Å²) in [5.41, 5.74) is 2.80. The molecule has 7 heteroatoms. The predicted octanol–water partition coefficient (Wildman–Crippen LogP) is 5.35. The first-order valence-corrected chi connectivity index (χ1v) is 9.92. The predicted molar refractivity (Wildman–Crippen MR) is 107 cm³/mol. The van der Waals surface area contributed by atoms with E-state index in [1.807, 2.05) is 42.5 Å². The van der Waals surface area contributed by atoms with Crippen molar-refractivity contribution in [3.63, 3.8) is 0 Å². The molecule has 1 heterocycles. The zero-order valence-electron chi connectivity index (χ0n) is 14.4. The number of thioether (sulfide) groups is 1. The van der Waals surface area contributed by atoms with Crippen molar-refractivity contribution in [1.29, 1.82) is 0 Å². The first-order valence-electron chi connectivity index (χ1n) is 8.14. The van der Waals surface area contributed by atoms with Crippen LogP contribution in [0.3, 0.4) is 0 Å². The number of benzene rings is 2. The topological polar surface area (TPSA) is 68.0 Å². The van der Waals surface area contributed by atoms with E-state index in [0.717, 1.165) is 15.7 Å². The van der Waals surface area contributed by atoms with E-state index >= 15 is 0 Å². The van der Waals surface area contributed by atoms with Crippen LogP contribution in [0.25, 0.3) is 11.5 Å². The van der Waals surface area contributed by atoms with Gasteiger partial charge in [-0.25, -0.2) is 0 Å². The van der Waals surface area contributed by atoms with E-state index in [0.29, 0.717) is 17.0 Å². The first-order chi connectivity index (χ1) is 12.5. The van der Waals surface area contributed by atoms with Gasteiger partial charge in [0.1, 0.15) is 0 Å². The molecular formula is C19H18BrN3O2S. The number of amides is 1. The molecule has 1 N–H and O–H groups in total. The minimum absolute atomic E-state index is 0.114. The van der Waals surface area contributed by atoms with Crippen molar-refractivity contribution >= 4 is 39.3 Å². The van der Waals surface area contributed by atoms with Crippen LogP contribution in [-0.2, 0) is 4.79 Å². The minimum Gasteiger partial charge on any atom is -0.411 e. The Balaban J connectivity index is 1.59. The molecule has 3 aromatic rings. The molecule has 0 aliphatic carbocycles. The summed E-state index contributed by atoms with van der Waals surface area (Å²) in [6, 6.07) is 15.5. The summed E-state index contributed by atoms with van der Waals surface area (Å²) >= 11 is 4.67. The van der Waals surface area contributed by atoms with E-state index < -0.39 is 0 Å². The monoisotopic (exact) mass is 431 g/mol. The molecule has 0 aliphatic rings. The van der Waals surface area contributed by atoms with Crippen LogP contribution < -0.4 is 5.32 Å². The average Bonchev–Trinajstić information content (AvgIpc) is 3.09. The second-order valence-electron chi connectivity index (χ2n) is 5.97. The van der Waals surface area contributed by atoms with Crippen LogP contribution in [0, 0.1) is 0 Å². The van der Waals surface area contributed by atoms with Crippen LogP contribution in [-0.4, -0.2) is 21.9 Å². The van der Waals surface area contributed by atoms with Gasteiger partial charge in [0.15, 0.2) is 0 Å². The van der Waals surface area contributed by atoms with Crippen LogP contribution in [0.4, 0.5) is 5.69 Å². The zero-order chi connectivity index (χ0) is 18.5. The second kappa shape index (κ2) is 8.51. The third-order valence-corrected chi connectivity index (χ3v) is 5.18. The van der Waals surface area contributed by atoms with Gasteiger partial charge in [-0.05, 0) is 51.7 Å². The van der Waals surface area contributed by atoms with Crippen molar-refractivity contribution < 1.29 is 9.21 Å². The summed E-state index contributed by atoms with van der Waals surface area (Å²) in [4.78, 5) is 12.2. The Morgan fingerprint density at radius 2 is 2.00 bits per heavy atom. The molecule has 0 saturated carbocycles. The first kappa shape index (κ1) is 18.7. The Labute approximate surface area is 164 Å². The van der Waals surface area contributed by atoms with E-state index in [1.54, 1.807) is 0 Å². The highest BCUT2D eigenvalue weighted by atomic mass is 79.9. The third kappa shape index (κ3) is 4.74. The number of anilines is 1. The highest BCUT2D eigenvalue weighted by Gasteiger charge is 2.13. The SMILES string of the molecule is CC(C)c1cccc(NC(=O)CSc2nnc(-c3ccccc3Br)o2)c1. The van der Waals surface area contributed by atoms with E-state index in [2.05, 4.69) is 51.4 Å². The maximum Gasteiger partial charge on any atom is 0.277 e. The number of rotatable bonds is 6. The molecule has 1 aromatic heterocycles. The number of hydrogen-bond donors (Lipinski definition) is 1. The number of nitrogens with one attached hydrogen (secondary N) is 1. The number of halogens is 1. The summed E-state index contributed by atoms with van der Waals surface area (Å²) in [7, 11) is 0. The maximum atomic E-state index is 12.2. The van der Waals surface area contributed by atoms with E-state index in [-0.39, 0.29) is 11.7 Å². The van der Waals surface area contributed by atoms with Gasteiger partial charge in [-0.15, -0.1) is 10.2 Å². The van der Waals surface area contributed by atoms with Crippen molar-refractivity contribution in [1.82, 2.24) is 10.2 Å². The van der Waals surface area contributed by atoms with Gasteiger partial charge >= 0.3 is 0 Å². The van der Waals surface area contributed by atoms with Gasteiger partial charge in [-0.1, -0.05) is 49.9 Å². The normalized spacial score (nSPS) is 10.9. The van der Waals surface area contributed by atoms with Crippen molar-refractivity contribution in [3.8, 4) is 11.5 Å². The Hall–Kier alpha value is -2.12. The molecule has 3 rings (SSSR count). The second-order valence-corrected chi connectivity index (χ2v) is 7.75. The highest BCUT2D eigenvalue weighted by Crippen LogP contribution is 2.29. The number of carbonyl (C=O) groups excluding carboxylic acids is 1. The fraction of sp³-hybridized carbons (Fsp3) is 0.211. The van der Waals surface area contributed by atoms with Crippen molar-refractivity contribution in [2.75, 3.05) is 11.1 Å². The molecule has 0 saturated heterocycles. The summed E-state index contributed by atoms with van der Waals surface area (Å²) in [6.07, 6.45) is 0. The number of carbonyl (C=O) groups is 1. The molecule has 0 radical (unpaired) electrons. The lowest BCUT2D eigenvalue weighted by Crippen LogP contribution is -2.14. The molecule has 0 aliphatic heterocycles. The fourth-order valence-electron chi connectivity index (χ4n) is 2.31. The number of aromatic nitrogens is 2. The summed E-state index contributed by atoms with van der Waals surface area (Å²) in [5.74, 6) is 0.917. The van der Waals surface area contributed by atoms with Gasteiger partial charge in [0.2, 0.25) is 11.8 Å². The van der Waals surface area contributed by atoms with Gasteiger partial charge in [0.05, 0.1) is 11.3 Å². The van der Waals surface area contributed by atoms with E-state index in [4.69, 9.17) is 4.42 Å².